The van der Waals surface area contributed by atoms with Crippen LogP contribution in [-0.4, -0.2) is 94.6 Å². The van der Waals surface area contributed by atoms with Gasteiger partial charge in [0.05, 0.1) is 23.5 Å². The van der Waals surface area contributed by atoms with Crippen molar-refractivity contribution in [1.82, 2.24) is 24.8 Å². The van der Waals surface area contributed by atoms with Gasteiger partial charge in [0.15, 0.2) is 5.13 Å². The summed E-state index contributed by atoms with van der Waals surface area (Å²) in [6.45, 7) is 8.99. The van der Waals surface area contributed by atoms with E-state index in [9.17, 15) is 9.59 Å². The minimum Gasteiger partial charge on any atom is -0.395 e. The fourth-order valence-corrected chi connectivity index (χ4v) is 5.40. The zero-order chi connectivity index (χ0) is 28.6. The number of β-amino-alcohol motifs (C(OH)–C–C–N with tert-alkyl or cyclic N) is 1. The maximum Gasteiger partial charge on any atom is 0.267 e. The fourth-order valence-electron chi connectivity index (χ4n) is 4.41. The SMILES string of the molecule is CN1CCCC1=O.Cc1nc(Nc2ncc(C(=O)Nc3c(C)cccc3Cl)s2)cc(N2CCN(CCO)CC2)n1. The molecular weight excluding hydrogens is 552 g/mol. The number of hydrogen-bond donors (Lipinski definition) is 3. The van der Waals surface area contributed by atoms with Gasteiger partial charge in [-0.25, -0.2) is 15.0 Å². The normalized spacial score (nSPS) is 15.6. The smallest absolute Gasteiger partial charge is 0.267 e. The second-order valence-electron chi connectivity index (χ2n) is 9.67. The first-order valence-corrected chi connectivity index (χ1v) is 14.4. The molecule has 5 rings (SSSR count). The number of carbonyl (C=O) groups is 2. The van der Waals surface area contributed by atoms with Gasteiger partial charge in [-0.2, -0.15) is 0 Å². The third kappa shape index (κ3) is 7.87. The molecule has 11 nitrogen and oxygen atoms in total. The van der Waals surface area contributed by atoms with Gasteiger partial charge in [-0.3, -0.25) is 14.5 Å². The number of anilines is 4. The number of halogens is 1. The van der Waals surface area contributed by atoms with Crippen molar-refractivity contribution in [3.8, 4) is 0 Å². The number of piperazine rings is 1. The van der Waals surface area contributed by atoms with Crippen molar-refractivity contribution < 1.29 is 14.7 Å². The van der Waals surface area contributed by atoms with Gasteiger partial charge < -0.3 is 25.5 Å². The number of carbonyl (C=O) groups excluding carboxylic acids is 2. The van der Waals surface area contributed by atoms with Crippen molar-refractivity contribution in [2.45, 2.75) is 26.7 Å². The summed E-state index contributed by atoms with van der Waals surface area (Å²) in [4.78, 5) is 43.2. The molecule has 2 saturated heterocycles. The molecule has 13 heteroatoms. The van der Waals surface area contributed by atoms with Gasteiger partial charge in [-0.05, 0) is 31.9 Å². The number of aromatic nitrogens is 3. The van der Waals surface area contributed by atoms with Gasteiger partial charge in [-0.15, -0.1) is 0 Å². The van der Waals surface area contributed by atoms with E-state index in [-0.39, 0.29) is 12.5 Å². The predicted octanol–water partition coefficient (Wildman–Crippen LogP) is 3.55. The molecule has 0 saturated carbocycles. The molecule has 2 fully saturated rings. The van der Waals surface area contributed by atoms with Gasteiger partial charge in [0.1, 0.15) is 22.3 Å². The Morgan fingerprint density at radius 2 is 1.93 bits per heavy atom. The highest BCUT2D eigenvalue weighted by molar-refractivity contribution is 7.17. The summed E-state index contributed by atoms with van der Waals surface area (Å²) in [6, 6.07) is 7.37. The summed E-state index contributed by atoms with van der Waals surface area (Å²) in [5, 5.41) is 16.2. The van der Waals surface area contributed by atoms with Crippen LogP contribution in [0.1, 0.15) is 33.9 Å². The topological polar surface area (TPSA) is 127 Å². The van der Waals surface area contributed by atoms with E-state index < -0.39 is 0 Å². The second kappa shape index (κ2) is 13.8. The molecule has 3 N–H and O–H groups in total. The van der Waals surface area contributed by atoms with Crippen molar-refractivity contribution in [2.24, 2.45) is 0 Å². The molecule has 2 aromatic heterocycles. The van der Waals surface area contributed by atoms with Crippen LogP contribution in [-0.2, 0) is 4.79 Å². The van der Waals surface area contributed by atoms with Crippen molar-refractivity contribution in [3.63, 3.8) is 0 Å². The van der Waals surface area contributed by atoms with Gasteiger partial charge in [0.2, 0.25) is 5.91 Å². The van der Waals surface area contributed by atoms with Gasteiger partial charge in [0.25, 0.3) is 5.91 Å². The molecule has 2 aliphatic heterocycles. The number of benzene rings is 1. The Morgan fingerprint density at radius 1 is 1.15 bits per heavy atom. The lowest BCUT2D eigenvalue weighted by Crippen LogP contribution is -2.47. The molecule has 1 aromatic carbocycles. The van der Waals surface area contributed by atoms with Crippen LogP contribution >= 0.6 is 22.9 Å². The first-order chi connectivity index (χ1) is 19.2. The van der Waals surface area contributed by atoms with Crippen molar-refractivity contribution in [1.29, 1.82) is 0 Å². The maximum absolute atomic E-state index is 12.7. The molecule has 0 atom stereocenters. The van der Waals surface area contributed by atoms with Crippen molar-refractivity contribution in [3.05, 3.63) is 51.7 Å². The summed E-state index contributed by atoms with van der Waals surface area (Å²) < 4.78 is 0. The highest BCUT2D eigenvalue weighted by atomic mass is 35.5. The number of amides is 2. The number of aryl methyl sites for hydroxylation is 2. The van der Waals surface area contributed by atoms with E-state index >= 15 is 0 Å². The van der Waals surface area contributed by atoms with E-state index in [2.05, 4.69) is 35.4 Å². The highest BCUT2D eigenvalue weighted by Crippen LogP contribution is 2.28. The van der Waals surface area contributed by atoms with E-state index in [4.69, 9.17) is 16.7 Å². The molecule has 0 bridgehead atoms. The molecule has 2 amide bonds. The number of para-hydroxylation sites is 1. The zero-order valence-corrected chi connectivity index (χ0v) is 24.6. The van der Waals surface area contributed by atoms with E-state index in [0.29, 0.717) is 44.8 Å². The molecule has 40 heavy (non-hydrogen) atoms. The molecule has 0 spiro atoms. The van der Waals surface area contributed by atoms with E-state index in [0.717, 1.165) is 56.9 Å². The van der Waals surface area contributed by atoms with E-state index in [1.807, 2.05) is 39.1 Å². The van der Waals surface area contributed by atoms with Crippen LogP contribution in [0.2, 0.25) is 5.02 Å². The standard InChI is InChI=1S/C22H26ClN7O2S.C5H9NO/c1-14-4-3-5-16(23)20(14)28-21(32)17-13-24-22(33-17)27-18-12-19(26-15(2)25-18)30-8-6-29(7-9-30)10-11-31;1-6-4-2-3-5(6)7/h3-5,12-13,31H,6-11H2,1-2H3,(H,28,32)(H,24,25,26,27);2-4H2,1H3. The summed E-state index contributed by atoms with van der Waals surface area (Å²) in [7, 11) is 1.84. The molecule has 4 heterocycles. The highest BCUT2D eigenvalue weighted by Gasteiger charge is 2.19. The predicted molar refractivity (Wildman–Crippen MR) is 159 cm³/mol. The molecule has 2 aliphatic rings. The quantitative estimate of drug-likeness (QED) is 0.381. The number of rotatable bonds is 7. The zero-order valence-electron chi connectivity index (χ0n) is 23.0. The number of likely N-dealkylation sites (tertiary alicyclic amines) is 1. The van der Waals surface area contributed by atoms with Gasteiger partial charge >= 0.3 is 0 Å². The molecule has 214 valence electrons. The third-order valence-electron chi connectivity index (χ3n) is 6.67. The summed E-state index contributed by atoms with van der Waals surface area (Å²) in [5.41, 5.74) is 1.49. The molecule has 0 unspecified atom stereocenters. The lowest BCUT2D eigenvalue weighted by Gasteiger charge is -2.35. The molecule has 3 aromatic rings. The monoisotopic (exact) mass is 586 g/mol. The Hall–Kier alpha value is -3.32. The van der Waals surface area contributed by atoms with Gasteiger partial charge in [-0.1, -0.05) is 35.1 Å². The van der Waals surface area contributed by atoms with Crippen LogP contribution in [0.5, 0.6) is 0 Å². The van der Waals surface area contributed by atoms with Crippen molar-refractivity contribution >= 4 is 57.2 Å². The Kier molecular flexibility index (Phi) is 10.3. The van der Waals surface area contributed by atoms with Gasteiger partial charge in [0, 0.05) is 58.8 Å². The fraction of sp³-hybridized carbons (Fsp3) is 0.444. The first kappa shape index (κ1) is 29.7. The lowest BCUT2D eigenvalue weighted by molar-refractivity contribution is -0.126. The third-order valence-corrected chi connectivity index (χ3v) is 7.90. The number of aliphatic hydroxyl groups is 1. The molecule has 0 radical (unpaired) electrons. The van der Waals surface area contributed by atoms with Crippen LogP contribution in [0, 0.1) is 13.8 Å². The number of aliphatic hydroxyl groups excluding tert-OH is 1. The Labute approximate surface area is 243 Å². The van der Waals surface area contributed by atoms with Crippen LogP contribution in [0.25, 0.3) is 0 Å². The van der Waals surface area contributed by atoms with E-state index in [1.165, 1.54) is 17.5 Å². The maximum atomic E-state index is 12.7. The Balaban J connectivity index is 0.000000461. The van der Waals surface area contributed by atoms with Crippen LogP contribution in [0.4, 0.5) is 22.5 Å². The van der Waals surface area contributed by atoms with Crippen molar-refractivity contribution in [2.75, 3.05) is 68.5 Å². The average Bonchev–Trinajstić information content (AvgIpc) is 3.55. The summed E-state index contributed by atoms with van der Waals surface area (Å²) in [5.74, 6) is 2.14. The first-order valence-electron chi connectivity index (χ1n) is 13.2. The number of nitrogens with one attached hydrogen (secondary N) is 2. The minimum absolute atomic E-state index is 0.173. The summed E-state index contributed by atoms with van der Waals surface area (Å²) >= 11 is 7.46. The number of hydrogen-bond acceptors (Lipinski definition) is 10. The molecular formula is C27H35ClN8O3S. The second-order valence-corrected chi connectivity index (χ2v) is 11.1. The largest absolute Gasteiger partial charge is 0.395 e. The Bertz CT molecular complexity index is 1310. The number of thiazole rings is 1. The van der Waals surface area contributed by atoms with Crippen LogP contribution < -0.4 is 15.5 Å². The number of nitrogens with zero attached hydrogens (tertiary/aromatic N) is 6. The van der Waals surface area contributed by atoms with E-state index in [1.54, 1.807) is 11.0 Å². The summed E-state index contributed by atoms with van der Waals surface area (Å²) in [6.07, 6.45) is 3.34. The molecule has 0 aliphatic carbocycles. The van der Waals surface area contributed by atoms with Crippen LogP contribution in [0.15, 0.2) is 30.5 Å². The Morgan fingerprint density at radius 3 is 2.55 bits per heavy atom. The van der Waals surface area contributed by atoms with Crippen LogP contribution in [0.3, 0.4) is 0 Å². The minimum atomic E-state index is -0.267. The average molecular weight is 587 g/mol. The lowest BCUT2D eigenvalue weighted by atomic mass is 10.2.